The van der Waals surface area contributed by atoms with Gasteiger partial charge in [0.05, 0.1) is 0 Å². The Morgan fingerprint density at radius 3 is 2.40 bits per heavy atom. The number of amides is 4. The second-order valence-electron chi connectivity index (χ2n) is 7.38. The highest BCUT2D eigenvalue weighted by atomic mass is 16.2. The third-order valence-corrected chi connectivity index (χ3v) is 5.90. The van der Waals surface area contributed by atoms with Crippen LogP contribution in [0.5, 0.6) is 0 Å². The molecule has 0 aliphatic carbocycles. The van der Waals surface area contributed by atoms with Crippen LogP contribution in [-0.4, -0.2) is 63.8 Å². The van der Waals surface area contributed by atoms with Gasteiger partial charge in [-0.2, -0.15) is 0 Å². The third kappa shape index (κ3) is 2.42. The minimum Gasteiger partial charge on any atom is -0.338 e. The lowest BCUT2D eigenvalue weighted by Crippen LogP contribution is -2.50. The fourth-order valence-corrected chi connectivity index (χ4v) is 4.38. The lowest BCUT2D eigenvalue weighted by molar-refractivity contribution is -0.133. The molecular formula is C19H23N3O3. The first-order valence-electron chi connectivity index (χ1n) is 9.02. The summed E-state index contributed by atoms with van der Waals surface area (Å²) in [5.74, 6) is -0.0338. The fraction of sp³-hybridized carbons (Fsp3) is 0.526. The van der Waals surface area contributed by atoms with Gasteiger partial charge in [-0.05, 0) is 44.7 Å². The zero-order valence-electron chi connectivity index (χ0n) is 14.5. The molecule has 6 nitrogen and oxygen atoms in total. The fourth-order valence-electron chi connectivity index (χ4n) is 4.38. The Bertz CT molecular complexity index is 712. The van der Waals surface area contributed by atoms with E-state index in [0.717, 1.165) is 12.8 Å². The van der Waals surface area contributed by atoms with E-state index in [2.05, 4.69) is 0 Å². The van der Waals surface area contributed by atoms with Gasteiger partial charge in [0.15, 0.2) is 0 Å². The zero-order valence-corrected chi connectivity index (χ0v) is 14.5. The maximum atomic E-state index is 12.8. The molecular weight excluding hydrogens is 318 g/mol. The second-order valence-corrected chi connectivity index (χ2v) is 7.38. The third-order valence-electron chi connectivity index (χ3n) is 5.90. The van der Waals surface area contributed by atoms with Gasteiger partial charge in [-0.15, -0.1) is 0 Å². The maximum absolute atomic E-state index is 12.8. The van der Waals surface area contributed by atoms with Gasteiger partial charge in [0.2, 0.25) is 0 Å². The highest BCUT2D eigenvalue weighted by molar-refractivity contribution is 6.07. The number of rotatable bonds is 2. The van der Waals surface area contributed by atoms with Crippen LogP contribution < -0.4 is 0 Å². The van der Waals surface area contributed by atoms with E-state index in [9.17, 15) is 14.4 Å². The SMILES string of the molecule is CC12CCCN1C(=O)N(C1CCN(C(=O)c3ccccc3)CC1)C2=O. The van der Waals surface area contributed by atoms with Crippen LogP contribution in [-0.2, 0) is 4.79 Å². The van der Waals surface area contributed by atoms with Crippen molar-refractivity contribution in [2.45, 2.75) is 44.2 Å². The Balaban J connectivity index is 1.43. The minimum absolute atomic E-state index is 0.0192. The number of carbonyl (C=O) groups excluding carboxylic acids is 3. The van der Waals surface area contributed by atoms with Crippen molar-refractivity contribution in [3.8, 4) is 0 Å². The molecule has 4 amide bonds. The molecule has 3 fully saturated rings. The maximum Gasteiger partial charge on any atom is 0.327 e. The van der Waals surface area contributed by atoms with E-state index >= 15 is 0 Å². The van der Waals surface area contributed by atoms with Crippen molar-refractivity contribution in [3.63, 3.8) is 0 Å². The number of urea groups is 1. The van der Waals surface area contributed by atoms with Crippen molar-refractivity contribution < 1.29 is 14.4 Å². The Morgan fingerprint density at radius 1 is 1.08 bits per heavy atom. The second kappa shape index (κ2) is 5.86. The van der Waals surface area contributed by atoms with E-state index in [0.29, 0.717) is 38.0 Å². The molecule has 0 spiro atoms. The summed E-state index contributed by atoms with van der Waals surface area (Å²) in [6, 6.07) is 9.00. The zero-order chi connectivity index (χ0) is 17.6. The van der Waals surface area contributed by atoms with Crippen molar-refractivity contribution in [2.24, 2.45) is 0 Å². The summed E-state index contributed by atoms with van der Waals surface area (Å²) in [6.45, 7) is 3.70. The van der Waals surface area contributed by atoms with E-state index in [4.69, 9.17) is 0 Å². The Morgan fingerprint density at radius 2 is 1.76 bits per heavy atom. The van der Waals surface area contributed by atoms with E-state index in [1.54, 1.807) is 4.90 Å². The van der Waals surface area contributed by atoms with Crippen LogP contribution >= 0.6 is 0 Å². The van der Waals surface area contributed by atoms with Gasteiger partial charge in [-0.3, -0.25) is 14.5 Å². The molecule has 0 N–H and O–H groups in total. The minimum atomic E-state index is -0.645. The molecule has 1 unspecified atom stereocenters. The highest BCUT2D eigenvalue weighted by Crippen LogP contribution is 2.39. The Kier molecular flexibility index (Phi) is 3.78. The van der Waals surface area contributed by atoms with E-state index in [1.807, 2.05) is 42.2 Å². The van der Waals surface area contributed by atoms with Crippen LogP contribution in [0.1, 0.15) is 43.0 Å². The number of hydrogen-bond donors (Lipinski definition) is 0. The van der Waals surface area contributed by atoms with Gasteiger partial charge >= 0.3 is 6.03 Å². The highest BCUT2D eigenvalue weighted by Gasteiger charge is 2.58. The summed E-state index contributed by atoms with van der Waals surface area (Å²) in [7, 11) is 0. The van der Waals surface area contributed by atoms with Crippen LogP contribution in [0.3, 0.4) is 0 Å². The van der Waals surface area contributed by atoms with E-state index < -0.39 is 5.54 Å². The van der Waals surface area contributed by atoms with Crippen LogP contribution in [0.4, 0.5) is 4.79 Å². The van der Waals surface area contributed by atoms with Gasteiger partial charge in [-0.1, -0.05) is 18.2 Å². The quantitative estimate of drug-likeness (QED) is 0.774. The summed E-state index contributed by atoms with van der Waals surface area (Å²) in [4.78, 5) is 43.1. The molecule has 3 aliphatic heterocycles. The largest absolute Gasteiger partial charge is 0.338 e. The summed E-state index contributed by atoms with van der Waals surface area (Å²) in [5.41, 5.74) is 0.0380. The molecule has 4 rings (SSSR count). The van der Waals surface area contributed by atoms with Crippen LogP contribution in [0.2, 0.25) is 0 Å². The molecule has 0 radical (unpaired) electrons. The number of nitrogens with zero attached hydrogens (tertiary/aromatic N) is 3. The van der Waals surface area contributed by atoms with Crippen LogP contribution in [0.15, 0.2) is 30.3 Å². The van der Waals surface area contributed by atoms with Crippen LogP contribution in [0, 0.1) is 0 Å². The summed E-state index contributed by atoms with van der Waals surface area (Å²) in [6.07, 6.45) is 2.95. The predicted octanol–water partition coefficient (Wildman–Crippen LogP) is 2.11. The molecule has 3 heterocycles. The van der Waals surface area contributed by atoms with Crippen molar-refractivity contribution in [2.75, 3.05) is 19.6 Å². The van der Waals surface area contributed by atoms with Crippen molar-refractivity contribution in [3.05, 3.63) is 35.9 Å². The number of fused-ring (bicyclic) bond motifs is 1. The summed E-state index contributed by atoms with van der Waals surface area (Å²) in [5, 5.41) is 0. The van der Waals surface area contributed by atoms with Crippen LogP contribution in [0.25, 0.3) is 0 Å². The topological polar surface area (TPSA) is 60.9 Å². The first kappa shape index (κ1) is 16.1. The molecule has 132 valence electrons. The van der Waals surface area contributed by atoms with Gasteiger partial charge < -0.3 is 9.80 Å². The lowest BCUT2D eigenvalue weighted by atomic mass is 9.97. The number of benzene rings is 1. The summed E-state index contributed by atoms with van der Waals surface area (Å²) < 4.78 is 0. The molecule has 3 aliphatic rings. The van der Waals surface area contributed by atoms with Crippen molar-refractivity contribution in [1.82, 2.24) is 14.7 Å². The number of hydrogen-bond acceptors (Lipinski definition) is 3. The number of piperidine rings is 1. The molecule has 3 saturated heterocycles. The van der Waals surface area contributed by atoms with Gasteiger partial charge in [0.25, 0.3) is 11.8 Å². The monoisotopic (exact) mass is 341 g/mol. The van der Waals surface area contributed by atoms with Gasteiger partial charge in [0.1, 0.15) is 5.54 Å². The first-order valence-corrected chi connectivity index (χ1v) is 9.02. The molecule has 6 heteroatoms. The molecule has 0 bridgehead atoms. The standard InChI is InChI=1S/C19H23N3O3/c1-19-10-5-11-21(19)18(25)22(17(19)24)15-8-12-20(13-9-15)16(23)14-6-3-2-4-7-14/h2-4,6-7,15H,5,8-13H2,1H3. The van der Waals surface area contributed by atoms with Crippen molar-refractivity contribution in [1.29, 1.82) is 0 Å². The summed E-state index contributed by atoms with van der Waals surface area (Å²) >= 11 is 0. The van der Waals surface area contributed by atoms with E-state index in [1.165, 1.54) is 4.90 Å². The molecule has 0 aromatic heterocycles. The first-order chi connectivity index (χ1) is 12.0. The smallest absolute Gasteiger partial charge is 0.327 e. The average Bonchev–Trinajstić information content (AvgIpc) is 3.12. The molecule has 0 saturated carbocycles. The van der Waals surface area contributed by atoms with Gasteiger partial charge in [-0.25, -0.2) is 4.79 Å². The average molecular weight is 341 g/mol. The van der Waals surface area contributed by atoms with Crippen molar-refractivity contribution >= 4 is 17.8 Å². The Hall–Kier alpha value is -2.37. The lowest BCUT2D eigenvalue weighted by Gasteiger charge is -2.35. The Labute approximate surface area is 147 Å². The number of imide groups is 1. The molecule has 25 heavy (non-hydrogen) atoms. The normalized spacial score (nSPS) is 27.2. The predicted molar refractivity (Wildman–Crippen MR) is 92.0 cm³/mol. The molecule has 1 aromatic carbocycles. The molecule has 1 atom stereocenters. The van der Waals surface area contributed by atoms with Gasteiger partial charge in [0, 0.05) is 31.2 Å². The number of carbonyl (C=O) groups is 3. The van der Waals surface area contributed by atoms with E-state index in [-0.39, 0.29) is 23.9 Å². The number of likely N-dealkylation sites (tertiary alicyclic amines) is 1. The molecule has 1 aromatic rings.